The van der Waals surface area contributed by atoms with E-state index in [1.165, 1.54) is 5.56 Å². The molecule has 1 nitrogen and oxygen atoms in total. The Morgan fingerprint density at radius 2 is 1.81 bits per heavy atom. The van der Waals surface area contributed by atoms with Crippen molar-refractivity contribution >= 4 is 28.9 Å². The molecule has 16 heavy (non-hydrogen) atoms. The smallest absolute Gasteiger partial charge is 0.151 e. The number of aryl methyl sites for hydroxylation is 1. The Hall–Kier alpha value is -1.16. The summed E-state index contributed by atoms with van der Waals surface area (Å²) in [4.78, 5) is 11.1. The summed E-state index contributed by atoms with van der Waals surface area (Å²) in [5.41, 5.74) is 4.05. The van der Waals surface area contributed by atoms with Crippen molar-refractivity contribution in [1.82, 2.24) is 0 Å². The maximum atomic E-state index is 11.1. The highest BCUT2D eigenvalue weighted by Gasteiger charge is 2.08. The molecule has 0 fully saturated rings. The van der Waals surface area contributed by atoms with Crippen molar-refractivity contribution in [2.45, 2.75) is 6.92 Å². The van der Waals surface area contributed by atoms with Gasteiger partial charge in [-0.1, -0.05) is 36.4 Å². The minimum Gasteiger partial charge on any atom is -0.298 e. The van der Waals surface area contributed by atoms with Crippen LogP contribution in [-0.2, 0) is 0 Å². The van der Waals surface area contributed by atoms with Crippen LogP contribution in [0.15, 0.2) is 42.5 Å². The van der Waals surface area contributed by atoms with Crippen LogP contribution in [0.4, 0.5) is 0 Å². The third-order valence-electron chi connectivity index (χ3n) is 2.48. The van der Waals surface area contributed by atoms with Gasteiger partial charge in [-0.25, -0.2) is 0 Å². The fourth-order valence-electron chi connectivity index (χ4n) is 1.73. The van der Waals surface area contributed by atoms with E-state index in [9.17, 15) is 4.79 Å². The largest absolute Gasteiger partial charge is 0.298 e. The Morgan fingerprint density at radius 3 is 2.44 bits per heavy atom. The second-order valence-electron chi connectivity index (χ2n) is 3.69. The Bertz CT molecular complexity index is 518. The van der Waals surface area contributed by atoms with Crippen LogP contribution >= 0.6 is 22.6 Å². The molecule has 0 aliphatic rings. The zero-order valence-electron chi connectivity index (χ0n) is 8.91. The molecule has 0 atom stereocenters. The third kappa shape index (κ3) is 2.16. The fourth-order valence-corrected chi connectivity index (χ4v) is 2.64. The van der Waals surface area contributed by atoms with E-state index in [1.807, 2.05) is 43.3 Å². The first-order chi connectivity index (χ1) is 7.72. The molecule has 2 rings (SSSR count). The molecule has 80 valence electrons. The van der Waals surface area contributed by atoms with E-state index in [1.54, 1.807) is 0 Å². The predicted octanol–water partition coefficient (Wildman–Crippen LogP) is 4.08. The molecule has 0 spiro atoms. The highest BCUT2D eigenvalue weighted by Crippen LogP contribution is 2.27. The van der Waals surface area contributed by atoms with Crippen LogP contribution < -0.4 is 0 Å². The van der Waals surface area contributed by atoms with Gasteiger partial charge in [0.1, 0.15) is 0 Å². The molecule has 0 aromatic heterocycles. The number of benzene rings is 2. The van der Waals surface area contributed by atoms with E-state index in [-0.39, 0.29) is 0 Å². The van der Waals surface area contributed by atoms with Gasteiger partial charge in [0, 0.05) is 9.13 Å². The Kier molecular flexibility index (Phi) is 3.39. The van der Waals surface area contributed by atoms with Gasteiger partial charge in [0.05, 0.1) is 0 Å². The number of carbonyl (C=O) groups is 1. The normalized spacial score (nSPS) is 10.1. The minimum absolute atomic E-state index is 0.775. The maximum Gasteiger partial charge on any atom is 0.151 e. The fraction of sp³-hybridized carbons (Fsp3) is 0.0714. The van der Waals surface area contributed by atoms with Crippen molar-refractivity contribution in [3.8, 4) is 11.1 Å². The lowest BCUT2D eigenvalue weighted by atomic mass is 9.98. The van der Waals surface area contributed by atoms with Crippen molar-refractivity contribution in [2.24, 2.45) is 0 Å². The first kappa shape index (κ1) is 11.3. The molecule has 2 aromatic rings. The average Bonchev–Trinajstić information content (AvgIpc) is 2.29. The number of hydrogen-bond donors (Lipinski definition) is 0. The van der Waals surface area contributed by atoms with Crippen LogP contribution in [0.2, 0.25) is 0 Å². The Balaban J connectivity index is 2.69. The summed E-state index contributed by atoms with van der Waals surface area (Å²) >= 11 is 2.21. The SMILES string of the molecule is Cc1cc(I)c(C=O)c(-c2ccccc2)c1. The van der Waals surface area contributed by atoms with Crippen molar-refractivity contribution in [3.63, 3.8) is 0 Å². The molecular formula is C14H11IO. The molecule has 0 heterocycles. The Labute approximate surface area is 109 Å². The standard InChI is InChI=1S/C14H11IO/c1-10-7-12(11-5-3-2-4-6-11)13(9-16)14(15)8-10/h2-9H,1H3. The molecule has 2 aromatic carbocycles. The lowest BCUT2D eigenvalue weighted by Gasteiger charge is -2.08. The number of aldehydes is 1. The summed E-state index contributed by atoms with van der Waals surface area (Å²) in [5.74, 6) is 0. The first-order valence-electron chi connectivity index (χ1n) is 5.03. The molecule has 2 heteroatoms. The van der Waals surface area contributed by atoms with Gasteiger partial charge >= 0.3 is 0 Å². The van der Waals surface area contributed by atoms with Gasteiger partial charge in [0.25, 0.3) is 0 Å². The average molecular weight is 322 g/mol. The van der Waals surface area contributed by atoms with Crippen molar-refractivity contribution in [2.75, 3.05) is 0 Å². The third-order valence-corrected chi connectivity index (χ3v) is 3.37. The van der Waals surface area contributed by atoms with Crippen LogP contribution in [0.25, 0.3) is 11.1 Å². The van der Waals surface area contributed by atoms with E-state index >= 15 is 0 Å². The van der Waals surface area contributed by atoms with Crippen LogP contribution in [0.5, 0.6) is 0 Å². The molecular weight excluding hydrogens is 311 g/mol. The molecule has 0 radical (unpaired) electrons. The summed E-state index contributed by atoms with van der Waals surface area (Å²) in [6.45, 7) is 2.04. The van der Waals surface area contributed by atoms with Gasteiger partial charge < -0.3 is 0 Å². The number of rotatable bonds is 2. The minimum atomic E-state index is 0.775. The van der Waals surface area contributed by atoms with Gasteiger partial charge in [-0.3, -0.25) is 4.79 Å². The molecule has 0 aliphatic heterocycles. The quantitative estimate of drug-likeness (QED) is 0.601. The lowest BCUT2D eigenvalue weighted by molar-refractivity contribution is 0.112. The summed E-state index contributed by atoms with van der Waals surface area (Å²) in [6.07, 6.45) is 0.934. The molecule has 0 N–H and O–H groups in total. The van der Waals surface area contributed by atoms with Gasteiger partial charge in [-0.05, 0) is 52.3 Å². The van der Waals surface area contributed by atoms with E-state index < -0.39 is 0 Å². The van der Waals surface area contributed by atoms with Gasteiger partial charge in [-0.2, -0.15) is 0 Å². The monoisotopic (exact) mass is 322 g/mol. The summed E-state index contributed by atoms with van der Waals surface area (Å²) in [5, 5.41) is 0. The molecule has 0 saturated carbocycles. The zero-order chi connectivity index (χ0) is 11.5. The van der Waals surface area contributed by atoms with Crippen LogP contribution in [0.3, 0.4) is 0 Å². The van der Waals surface area contributed by atoms with Crippen LogP contribution in [0.1, 0.15) is 15.9 Å². The molecule has 0 aliphatic carbocycles. The molecule has 0 unspecified atom stereocenters. The van der Waals surface area contributed by atoms with Crippen molar-refractivity contribution < 1.29 is 4.79 Å². The number of halogens is 1. The van der Waals surface area contributed by atoms with Crippen molar-refractivity contribution in [1.29, 1.82) is 0 Å². The van der Waals surface area contributed by atoms with Crippen molar-refractivity contribution in [3.05, 3.63) is 57.2 Å². The highest BCUT2D eigenvalue weighted by atomic mass is 127. The Morgan fingerprint density at radius 1 is 1.12 bits per heavy atom. The van der Waals surface area contributed by atoms with Gasteiger partial charge in [0.15, 0.2) is 6.29 Å². The summed E-state index contributed by atoms with van der Waals surface area (Å²) < 4.78 is 1.01. The predicted molar refractivity (Wildman–Crippen MR) is 74.7 cm³/mol. The highest BCUT2D eigenvalue weighted by molar-refractivity contribution is 14.1. The van der Waals surface area contributed by atoms with E-state index in [4.69, 9.17) is 0 Å². The van der Waals surface area contributed by atoms with Crippen LogP contribution in [-0.4, -0.2) is 6.29 Å². The zero-order valence-corrected chi connectivity index (χ0v) is 11.1. The topological polar surface area (TPSA) is 17.1 Å². The molecule has 0 amide bonds. The van der Waals surface area contributed by atoms with E-state index in [0.717, 1.165) is 26.5 Å². The second-order valence-corrected chi connectivity index (χ2v) is 4.85. The van der Waals surface area contributed by atoms with Gasteiger partial charge in [0.2, 0.25) is 0 Å². The lowest BCUT2D eigenvalue weighted by Crippen LogP contribution is -1.93. The van der Waals surface area contributed by atoms with Crippen LogP contribution in [0, 0.1) is 10.5 Å². The number of hydrogen-bond acceptors (Lipinski definition) is 1. The molecule has 0 saturated heterocycles. The van der Waals surface area contributed by atoms with E-state index in [2.05, 4.69) is 28.7 Å². The van der Waals surface area contributed by atoms with Gasteiger partial charge in [-0.15, -0.1) is 0 Å². The summed E-state index contributed by atoms with van der Waals surface area (Å²) in [7, 11) is 0. The first-order valence-corrected chi connectivity index (χ1v) is 6.11. The maximum absolute atomic E-state index is 11.1. The van der Waals surface area contributed by atoms with E-state index in [0.29, 0.717) is 0 Å². The molecule has 0 bridgehead atoms. The second kappa shape index (κ2) is 4.78. The number of carbonyl (C=O) groups excluding carboxylic acids is 1. The summed E-state index contributed by atoms with van der Waals surface area (Å²) in [6, 6.07) is 14.1.